The van der Waals surface area contributed by atoms with Gasteiger partial charge in [-0.15, -0.1) is 0 Å². The standard InChI is InChI=1S/C8H9Br/c9-7-6-8-4-2-1-3-5-8/h4H,1-3,5H2/i9-4. The predicted molar refractivity (Wildman–Crippen MR) is 43.3 cm³/mol. The maximum atomic E-state index is 3.08. The molecule has 0 nitrogen and oxygen atoms in total. The zero-order valence-electron chi connectivity index (χ0n) is 5.28. The van der Waals surface area contributed by atoms with E-state index >= 15 is 0 Å². The second kappa shape index (κ2) is 3.74. The van der Waals surface area contributed by atoms with Crippen molar-refractivity contribution in [3.05, 3.63) is 11.6 Å². The summed E-state index contributed by atoms with van der Waals surface area (Å²) in [6.07, 6.45) is 7.29. The minimum atomic E-state index is 1.18. The monoisotopic (exact) mass is 181 g/mol. The first kappa shape index (κ1) is 6.89. The molecule has 0 saturated carbocycles. The molecule has 1 heteroatoms. The molecule has 1 aliphatic rings. The highest BCUT2D eigenvalue weighted by Gasteiger charge is 1.98. The maximum Gasteiger partial charge on any atom is 0.0110 e. The zero-order valence-corrected chi connectivity index (χ0v) is 6.87. The molecule has 0 amide bonds. The van der Waals surface area contributed by atoms with E-state index in [0.29, 0.717) is 0 Å². The highest BCUT2D eigenvalue weighted by Crippen LogP contribution is 2.15. The van der Waals surface area contributed by atoms with E-state index in [0.717, 1.165) is 0 Å². The molecule has 0 atom stereocenters. The number of halogens is 1. The summed E-state index contributed by atoms with van der Waals surface area (Å²) >= 11 is 3.08. The van der Waals surface area contributed by atoms with Crippen LogP contribution in [0.25, 0.3) is 0 Å². The third kappa shape index (κ3) is 2.24. The van der Waals surface area contributed by atoms with E-state index in [9.17, 15) is 0 Å². The lowest BCUT2D eigenvalue weighted by molar-refractivity contribution is 0.715. The van der Waals surface area contributed by atoms with Gasteiger partial charge in [0.25, 0.3) is 0 Å². The fourth-order valence-corrected chi connectivity index (χ4v) is 1.27. The van der Waals surface area contributed by atoms with Crippen LogP contribution in [-0.4, -0.2) is 0 Å². The number of hydrogen-bond donors (Lipinski definition) is 0. The van der Waals surface area contributed by atoms with E-state index < -0.39 is 0 Å². The van der Waals surface area contributed by atoms with Crippen molar-refractivity contribution >= 4 is 15.9 Å². The Hall–Kier alpha value is -0.220. The first-order chi connectivity index (χ1) is 4.43. The van der Waals surface area contributed by atoms with E-state index in [1.54, 1.807) is 0 Å². The first-order valence-electron chi connectivity index (χ1n) is 3.24. The van der Waals surface area contributed by atoms with Crippen molar-refractivity contribution in [2.75, 3.05) is 0 Å². The van der Waals surface area contributed by atoms with E-state index in [1.165, 1.54) is 31.3 Å². The van der Waals surface area contributed by atoms with Crippen molar-refractivity contribution < 1.29 is 0 Å². The molecule has 0 spiro atoms. The van der Waals surface area contributed by atoms with E-state index in [2.05, 4.69) is 32.8 Å². The van der Waals surface area contributed by atoms with Crippen molar-refractivity contribution in [3.63, 3.8) is 0 Å². The van der Waals surface area contributed by atoms with Gasteiger partial charge in [-0.1, -0.05) is 12.0 Å². The van der Waals surface area contributed by atoms with Crippen LogP contribution in [0, 0.1) is 10.8 Å². The maximum absolute atomic E-state index is 3.08. The van der Waals surface area contributed by atoms with Gasteiger partial charge >= 0.3 is 0 Å². The van der Waals surface area contributed by atoms with Crippen LogP contribution < -0.4 is 0 Å². The Morgan fingerprint density at radius 2 is 2.33 bits per heavy atom. The number of rotatable bonds is 0. The lowest BCUT2D eigenvalue weighted by Gasteiger charge is -2.04. The normalized spacial score (nSPS) is 17.7. The molecule has 0 aliphatic heterocycles. The fraction of sp³-hybridized carbons (Fsp3) is 0.500. The molecule has 48 valence electrons. The van der Waals surface area contributed by atoms with Crippen LogP contribution in [0.5, 0.6) is 0 Å². The molecule has 0 radical (unpaired) electrons. The van der Waals surface area contributed by atoms with Crippen molar-refractivity contribution in [1.82, 2.24) is 0 Å². The summed E-state index contributed by atoms with van der Waals surface area (Å²) in [7, 11) is 0. The van der Waals surface area contributed by atoms with Crippen LogP contribution in [0.15, 0.2) is 11.6 Å². The van der Waals surface area contributed by atoms with Crippen LogP contribution in [0.1, 0.15) is 25.7 Å². The largest absolute Gasteiger partial charge is 0.0729 e. The van der Waals surface area contributed by atoms with Gasteiger partial charge in [0.15, 0.2) is 0 Å². The summed E-state index contributed by atoms with van der Waals surface area (Å²) in [6, 6.07) is 0. The van der Waals surface area contributed by atoms with Crippen molar-refractivity contribution in [3.8, 4) is 10.8 Å². The Morgan fingerprint density at radius 3 is 2.89 bits per heavy atom. The summed E-state index contributed by atoms with van der Waals surface area (Å²) in [4.78, 5) is 2.73. The molecular formula is C8H9Br. The molecule has 0 unspecified atom stereocenters. The molecule has 0 heterocycles. The fourth-order valence-electron chi connectivity index (χ4n) is 1.01. The Morgan fingerprint density at radius 1 is 1.44 bits per heavy atom. The van der Waals surface area contributed by atoms with Crippen LogP contribution in [0.2, 0.25) is 0 Å². The van der Waals surface area contributed by atoms with Crippen molar-refractivity contribution in [1.29, 1.82) is 0 Å². The van der Waals surface area contributed by atoms with Gasteiger partial charge in [0.05, 0.1) is 0 Å². The van der Waals surface area contributed by atoms with Gasteiger partial charge in [-0.25, -0.2) is 0 Å². The quantitative estimate of drug-likeness (QED) is 0.504. The van der Waals surface area contributed by atoms with E-state index in [1.807, 2.05) is 0 Å². The lowest BCUT2D eigenvalue weighted by Crippen LogP contribution is -1.87. The highest BCUT2D eigenvalue weighted by atomic mass is 75.9. The van der Waals surface area contributed by atoms with Gasteiger partial charge in [-0.05, 0) is 36.1 Å². The Balaban J connectivity index is 2.53. The van der Waals surface area contributed by atoms with Gasteiger partial charge in [0.2, 0.25) is 0 Å². The molecule has 0 bridgehead atoms. The SMILES string of the molecule is [76Br]C#CC1=CCCCC1. The molecular weight excluding hydrogens is 172 g/mol. The molecule has 0 aromatic carbocycles. The van der Waals surface area contributed by atoms with Gasteiger partial charge in [0, 0.05) is 15.9 Å². The molecule has 0 aromatic heterocycles. The summed E-state index contributed by atoms with van der Waals surface area (Å²) in [5.74, 6) is 3.01. The number of allylic oxidation sites excluding steroid dienone is 2. The molecule has 9 heavy (non-hydrogen) atoms. The molecule has 1 rings (SSSR count). The topological polar surface area (TPSA) is 0 Å². The van der Waals surface area contributed by atoms with Crippen LogP contribution >= 0.6 is 15.9 Å². The Kier molecular flexibility index (Phi) is 2.86. The summed E-state index contributed by atoms with van der Waals surface area (Å²) in [5.41, 5.74) is 1.30. The molecule has 0 saturated heterocycles. The summed E-state index contributed by atoms with van der Waals surface area (Å²) in [5, 5.41) is 0. The smallest absolute Gasteiger partial charge is 0.0110 e. The zero-order chi connectivity index (χ0) is 6.53. The molecule has 0 fully saturated rings. The average molecular weight is 181 g/mol. The molecule has 1 aliphatic carbocycles. The van der Waals surface area contributed by atoms with Crippen LogP contribution in [-0.2, 0) is 0 Å². The second-order valence-electron chi connectivity index (χ2n) is 2.19. The second-order valence-corrected chi connectivity index (χ2v) is 2.59. The van der Waals surface area contributed by atoms with E-state index in [-0.39, 0.29) is 0 Å². The third-order valence-electron chi connectivity index (χ3n) is 1.50. The number of hydrogen-bond acceptors (Lipinski definition) is 0. The predicted octanol–water partition coefficient (Wildman–Crippen LogP) is 2.84. The average Bonchev–Trinajstić information content (AvgIpc) is 1.91. The lowest BCUT2D eigenvalue weighted by atomic mass is 10.0. The van der Waals surface area contributed by atoms with Gasteiger partial charge in [-0.3, -0.25) is 0 Å². The van der Waals surface area contributed by atoms with Crippen LogP contribution in [0.4, 0.5) is 0 Å². The summed E-state index contributed by atoms with van der Waals surface area (Å²) in [6.45, 7) is 0. The van der Waals surface area contributed by atoms with Crippen molar-refractivity contribution in [2.45, 2.75) is 25.7 Å². The Labute approximate surface area is 64.5 Å². The van der Waals surface area contributed by atoms with Crippen LogP contribution in [0.3, 0.4) is 0 Å². The van der Waals surface area contributed by atoms with Gasteiger partial charge < -0.3 is 0 Å². The minimum Gasteiger partial charge on any atom is -0.0729 e. The first-order valence-corrected chi connectivity index (χ1v) is 4.03. The summed E-state index contributed by atoms with van der Waals surface area (Å²) < 4.78 is 0. The van der Waals surface area contributed by atoms with E-state index in [4.69, 9.17) is 0 Å². The highest BCUT2D eigenvalue weighted by molar-refractivity contribution is 9.12. The van der Waals surface area contributed by atoms with Gasteiger partial charge in [-0.2, -0.15) is 0 Å². The van der Waals surface area contributed by atoms with Crippen molar-refractivity contribution in [2.24, 2.45) is 0 Å². The Bertz CT molecular complexity index is 169. The van der Waals surface area contributed by atoms with Gasteiger partial charge in [0.1, 0.15) is 0 Å². The third-order valence-corrected chi connectivity index (χ3v) is 1.70. The molecule has 0 aromatic rings. The molecule has 0 N–H and O–H groups in total. The minimum absolute atomic E-state index is 1.18.